The third kappa shape index (κ3) is 4.98. The number of carbonyl (C=O) groups excluding carboxylic acids is 2. The van der Waals surface area contributed by atoms with E-state index in [2.05, 4.69) is 15.1 Å². The van der Waals surface area contributed by atoms with Gasteiger partial charge in [0.05, 0.1) is 18.2 Å². The summed E-state index contributed by atoms with van der Waals surface area (Å²) in [6.07, 6.45) is 1.43. The fourth-order valence-corrected chi connectivity index (χ4v) is 4.24. The molecule has 1 atom stereocenters. The molecule has 1 aromatic carbocycles. The van der Waals surface area contributed by atoms with Crippen molar-refractivity contribution in [3.8, 4) is 11.3 Å². The average Bonchev–Trinajstić information content (AvgIpc) is 2.84. The van der Waals surface area contributed by atoms with Crippen molar-refractivity contribution in [1.29, 1.82) is 0 Å². The maximum Gasteiger partial charge on any atom is 0.409 e. The molecular formula is C23H28FN5O3. The minimum Gasteiger partial charge on any atom is -0.450 e. The van der Waals surface area contributed by atoms with Crippen molar-refractivity contribution < 1.29 is 18.7 Å². The van der Waals surface area contributed by atoms with Crippen LogP contribution in [0.25, 0.3) is 11.3 Å². The van der Waals surface area contributed by atoms with E-state index in [0.29, 0.717) is 45.0 Å². The molecule has 1 unspecified atom stereocenters. The summed E-state index contributed by atoms with van der Waals surface area (Å²) in [6, 6.07) is 9.93. The summed E-state index contributed by atoms with van der Waals surface area (Å²) in [5.74, 6) is 0.482. The van der Waals surface area contributed by atoms with Crippen LogP contribution in [0.2, 0.25) is 0 Å². The maximum atomic E-state index is 13.1. The average molecular weight is 442 g/mol. The zero-order chi connectivity index (χ0) is 22.5. The third-order valence-corrected chi connectivity index (χ3v) is 6.00. The fourth-order valence-electron chi connectivity index (χ4n) is 4.24. The van der Waals surface area contributed by atoms with Gasteiger partial charge in [-0.2, -0.15) is 0 Å². The predicted octanol–water partition coefficient (Wildman–Crippen LogP) is 2.80. The molecule has 32 heavy (non-hydrogen) atoms. The lowest BCUT2D eigenvalue weighted by Crippen LogP contribution is -2.53. The summed E-state index contributed by atoms with van der Waals surface area (Å²) in [5, 5.41) is 8.65. The number of halogens is 1. The van der Waals surface area contributed by atoms with Crippen molar-refractivity contribution in [2.75, 3.05) is 50.8 Å². The zero-order valence-corrected chi connectivity index (χ0v) is 18.2. The molecule has 2 aromatic rings. The van der Waals surface area contributed by atoms with E-state index in [1.165, 1.54) is 12.1 Å². The van der Waals surface area contributed by atoms with Gasteiger partial charge in [-0.05, 0) is 56.2 Å². The first kappa shape index (κ1) is 22.0. The number of piperidine rings is 1. The Hall–Kier alpha value is -3.23. The van der Waals surface area contributed by atoms with Crippen LogP contribution in [0.4, 0.5) is 15.0 Å². The summed E-state index contributed by atoms with van der Waals surface area (Å²) >= 11 is 0. The van der Waals surface area contributed by atoms with Crippen molar-refractivity contribution in [1.82, 2.24) is 20.0 Å². The molecule has 170 valence electrons. The largest absolute Gasteiger partial charge is 0.450 e. The van der Waals surface area contributed by atoms with Crippen molar-refractivity contribution in [3.05, 3.63) is 42.2 Å². The monoisotopic (exact) mass is 441 g/mol. The van der Waals surface area contributed by atoms with E-state index >= 15 is 0 Å². The normalized spacial score (nSPS) is 19.1. The van der Waals surface area contributed by atoms with Crippen LogP contribution in [0.1, 0.15) is 19.8 Å². The molecule has 0 aliphatic carbocycles. The number of hydrogen-bond donors (Lipinski definition) is 0. The molecule has 2 aliphatic heterocycles. The van der Waals surface area contributed by atoms with E-state index in [-0.39, 0.29) is 23.7 Å². The molecule has 0 bridgehead atoms. The number of amides is 2. The van der Waals surface area contributed by atoms with Crippen molar-refractivity contribution in [2.24, 2.45) is 5.92 Å². The minimum absolute atomic E-state index is 0.100. The predicted molar refractivity (Wildman–Crippen MR) is 118 cm³/mol. The van der Waals surface area contributed by atoms with Gasteiger partial charge in [-0.15, -0.1) is 10.2 Å². The van der Waals surface area contributed by atoms with Gasteiger partial charge in [0.1, 0.15) is 5.82 Å². The molecule has 2 fully saturated rings. The lowest BCUT2D eigenvalue weighted by molar-refractivity contribution is -0.137. The fraction of sp³-hybridized carbons (Fsp3) is 0.478. The molecule has 0 N–H and O–H groups in total. The molecule has 8 nitrogen and oxygen atoms in total. The summed E-state index contributed by atoms with van der Waals surface area (Å²) in [7, 11) is 0. The number of aromatic nitrogens is 2. The molecule has 1 aromatic heterocycles. The number of carbonyl (C=O) groups is 2. The van der Waals surface area contributed by atoms with Crippen LogP contribution >= 0.6 is 0 Å². The Bertz CT molecular complexity index is 930. The van der Waals surface area contributed by atoms with Gasteiger partial charge in [0.15, 0.2) is 5.82 Å². The van der Waals surface area contributed by atoms with E-state index in [0.717, 1.165) is 30.8 Å². The van der Waals surface area contributed by atoms with Gasteiger partial charge in [-0.25, -0.2) is 9.18 Å². The van der Waals surface area contributed by atoms with Crippen LogP contribution in [0, 0.1) is 11.7 Å². The van der Waals surface area contributed by atoms with Gasteiger partial charge in [0.25, 0.3) is 0 Å². The van der Waals surface area contributed by atoms with Crippen LogP contribution in [0.3, 0.4) is 0 Å². The van der Waals surface area contributed by atoms with E-state index < -0.39 is 0 Å². The Morgan fingerprint density at radius 1 is 1.00 bits per heavy atom. The Morgan fingerprint density at radius 3 is 2.38 bits per heavy atom. The van der Waals surface area contributed by atoms with Crippen molar-refractivity contribution in [3.63, 3.8) is 0 Å². The molecule has 0 saturated carbocycles. The highest BCUT2D eigenvalue weighted by Gasteiger charge is 2.32. The zero-order valence-electron chi connectivity index (χ0n) is 18.2. The van der Waals surface area contributed by atoms with Crippen LogP contribution in [-0.2, 0) is 9.53 Å². The lowest BCUT2D eigenvalue weighted by Gasteiger charge is -2.38. The van der Waals surface area contributed by atoms with Gasteiger partial charge >= 0.3 is 6.09 Å². The van der Waals surface area contributed by atoms with E-state index in [4.69, 9.17) is 4.74 Å². The molecule has 2 saturated heterocycles. The topological polar surface area (TPSA) is 78.9 Å². The van der Waals surface area contributed by atoms with Crippen molar-refractivity contribution >= 4 is 17.8 Å². The van der Waals surface area contributed by atoms with Crippen LogP contribution in [0.15, 0.2) is 36.4 Å². The van der Waals surface area contributed by atoms with E-state index in [1.807, 2.05) is 17.0 Å². The molecule has 0 spiro atoms. The van der Waals surface area contributed by atoms with Gasteiger partial charge < -0.3 is 19.4 Å². The van der Waals surface area contributed by atoms with E-state index in [9.17, 15) is 14.0 Å². The van der Waals surface area contributed by atoms with Crippen LogP contribution < -0.4 is 4.90 Å². The number of anilines is 1. The van der Waals surface area contributed by atoms with E-state index in [1.54, 1.807) is 24.0 Å². The highest BCUT2D eigenvalue weighted by molar-refractivity contribution is 5.80. The first-order valence-electron chi connectivity index (χ1n) is 11.1. The number of benzene rings is 1. The van der Waals surface area contributed by atoms with Gasteiger partial charge in [0, 0.05) is 44.8 Å². The highest BCUT2D eigenvalue weighted by atomic mass is 19.1. The molecule has 2 amide bonds. The van der Waals surface area contributed by atoms with Crippen LogP contribution in [0.5, 0.6) is 0 Å². The molecule has 9 heteroatoms. The number of rotatable bonds is 4. The summed E-state index contributed by atoms with van der Waals surface area (Å²) in [5.41, 5.74) is 1.48. The second-order valence-corrected chi connectivity index (χ2v) is 8.08. The van der Waals surface area contributed by atoms with Gasteiger partial charge in [-0.1, -0.05) is 0 Å². The van der Waals surface area contributed by atoms with Gasteiger partial charge in [0.2, 0.25) is 5.91 Å². The standard InChI is InChI=1S/C23H28FN5O3/c1-2-32-23(31)28-14-12-27(13-15-28)22(30)18-4-3-11-29(16-18)21-10-9-20(25-26-21)17-5-7-19(24)8-6-17/h5-10,18H,2-4,11-16H2,1H3. The lowest BCUT2D eigenvalue weighted by atomic mass is 9.96. The number of piperazine rings is 1. The smallest absolute Gasteiger partial charge is 0.409 e. The first-order valence-corrected chi connectivity index (χ1v) is 11.1. The Morgan fingerprint density at radius 2 is 1.72 bits per heavy atom. The quantitative estimate of drug-likeness (QED) is 0.726. The Balaban J connectivity index is 1.34. The van der Waals surface area contributed by atoms with Crippen molar-refractivity contribution in [2.45, 2.75) is 19.8 Å². The molecular weight excluding hydrogens is 413 g/mol. The third-order valence-electron chi connectivity index (χ3n) is 6.00. The minimum atomic E-state index is -0.314. The van der Waals surface area contributed by atoms with Crippen LogP contribution in [-0.4, -0.2) is 77.9 Å². The first-order chi connectivity index (χ1) is 15.5. The second-order valence-electron chi connectivity index (χ2n) is 8.08. The SMILES string of the molecule is CCOC(=O)N1CCN(C(=O)C2CCCN(c3ccc(-c4ccc(F)cc4)nn3)C2)CC1. The summed E-state index contributed by atoms with van der Waals surface area (Å²) < 4.78 is 18.2. The summed E-state index contributed by atoms with van der Waals surface area (Å²) in [4.78, 5) is 30.6. The Kier molecular flexibility index (Phi) is 6.82. The number of nitrogens with zero attached hydrogens (tertiary/aromatic N) is 5. The Labute approximate surface area is 187 Å². The second kappa shape index (κ2) is 9.93. The highest BCUT2D eigenvalue weighted by Crippen LogP contribution is 2.25. The number of ether oxygens (including phenoxy) is 1. The molecule has 3 heterocycles. The molecule has 0 radical (unpaired) electrons. The van der Waals surface area contributed by atoms with Gasteiger partial charge in [-0.3, -0.25) is 4.79 Å². The molecule has 4 rings (SSSR count). The number of hydrogen-bond acceptors (Lipinski definition) is 6. The summed E-state index contributed by atoms with van der Waals surface area (Å²) in [6.45, 7) is 5.61. The maximum absolute atomic E-state index is 13.1. The molecule has 2 aliphatic rings.